The van der Waals surface area contributed by atoms with E-state index >= 15 is 0 Å². The summed E-state index contributed by atoms with van der Waals surface area (Å²) in [6, 6.07) is 12.3. The van der Waals surface area contributed by atoms with E-state index in [0.29, 0.717) is 19.7 Å². The van der Waals surface area contributed by atoms with Gasteiger partial charge in [-0.2, -0.15) is 0 Å². The fraction of sp³-hybridized carbons (Fsp3) is 0.353. The van der Waals surface area contributed by atoms with Crippen molar-refractivity contribution in [3.63, 3.8) is 0 Å². The van der Waals surface area contributed by atoms with Crippen molar-refractivity contribution in [2.75, 3.05) is 13.6 Å². The van der Waals surface area contributed by atoms with E-state index in [1.54, 1.807) is 16.2 Å². The summed E-state index contributed by atoms with van der Waals surface area (Å²) in [6.07, 6.45) is 0.922. The van der Waals surface area contributed by atoms with Gasteiger partial charge in [0.15, 0.2) is 0 Å². The number of likely N-dealkylation sites (N-methyl/N-ethyl adjacent to an activating group) is 1. The number of carbonyl (C=O) groups excluding carboxylic acids is 1. The van der Waals surface area contributed by atoms with E-state index in [0.717, 1.165) is 11.3 Å². The first kappa shape index (κ1) is 15.1. The molecule has 116 valence electrons. The standard InChI is InChI=1S/C17H20N2O2S/c1-19(17(20)18-10-16-7-4-8-22-16)11-15-9-13-5-2-3-6-14(13)12-21-15/h2-8,15H,9-12H2,1H3,(H,18,20)/t15-/m0/s1. The summed E-state index contributed by atoms with van der Waals surface area (Å²) in [4.78, 5) is 15.0. The maximum absolute atomic E-state index is 12.1. The summed E-state index contributed by atoms with van der Waals surface area (Å²) in [5.41, 5.74) is 2.58. The topological polar surface area (TPSA) is 41.6 Å². The first-order chi connectivity index (χ1) is 10.7. The summed E-state index contributed by atoms with van der Waals surface area (Å²) in [5.74, 6) is 0. The van der Waals surface area contributed by atoms with Crippen LogP contribution in [0.3, 0.4) is 0 Å². The average molecular weight is 316 g/mol. The van der Waals surface area contributed by atoms with Crippen molar-refractivity contribution in [3.8, 4) is 0 Å². The molecule has 2 aromatic rings. The number of benzene rings is 1. The second kappa shape index (κ2) is 6.94. The SMILES string of the molecule is CN(C[C@@H]1Cc2ccccc2CO1)C(=O)NCc1cccs1. The zero-order valence-corrected chi connectivity index (χ0v) is 13.4. The molecule has 1 N–H and O–H groups in total. The Kier molecular flexibility index (Phi) is 4.75. The number of ether oxygens (including phenoxy) is 1. The Morgan fingerprint density at radius 1 is 1.32 bits per heavy atom. The highest BCUT2D eigenvalue weighted by atomic mass is 32.1. The number of nitrogens with one attached hydrogen (secondary N) is 1. The van der Waals surface area contributed by atoms with Crippen LogP contribution in [0.1, 0.15) is 16.0 Å². The van der Waals surface area contributed by atoms with E-state index in [1.165, 1.54) is 11.1 Å². The second-order valence-electron chi connectivity index (χ2n) is 5.52. The van der Waals surface area contributed by atoms with Gasteiger partial charge in [0.05, 0.1) is 19.3 Å². The molecule has 4 nitrogen and oxygen atoms in total. The number of amides is 2. The molecule has 2 heterocycles. The normalized spacial score (nSPS) is 16.9. The van der Waals surface area contributed by atoms with Crippen LogP contribution in [0.25, 0.3) is 0 Å². The van der Waals surface area contributed by atoms with Crippen molar-refractivity contribution < 1.29 is 9.53 Å². The molecule has 3 rings (SSSR count). The molecule has 0 fully saturated rings. The van der Waals surface area contributed by atoms with Gasteiger partial charge < -0.3 is 15.0 Å². The lowest BCUT2D eigenvalue weighted by molar-refractivity contribution is 0.0150. The smallest absolute Gasteiger partial charge is 0.317 e. The van der Waals surface area contributed by atoms with Crippen molar-refractivity contribution in [3.05, 3.63) is 57.8 Å². The Morgan fingerprint density at radius 2 is 2.14 bits per heavy atom. The molecule has 0 unspecified atom stereocenters. The van der Waals surface area contributed by atoms with E-state index < -0.39 is 0 Å². The Bertz CT molecular complexity index is 627. The minimum absolute atomic E-state index is 0.0594. The number of rotatable bonds is 4. The fourth-order valence-corrected chi connectivity index (χ4v) is 3.27. The van der Waals surface area contributed by atoms with Gasteiger partial charge in [-0.3, -0.25) is 0 Å². The predicted octanol–water partition coefficient (Wildman–Crippen LogP) is 3.03. The predicted molar refractivity (Wildman–Crippen MR) is 87.9 cm³/mol. The molecule has 1 aromatic heterocycles. The third-order valence-corrected chi connectivity index (χ3v) is 4.74. The molecule has 1 aliphatic rings. The molecular formula is C17H20N2O2S. The van der Waals surface area contributed by atoms with Crippen molar-refractivity contribution in [1.29, 1.82) is 0 Å². The van der Waals surface area contributed by atoms with Crippen molar-refractivity contribution in [2.24, 2.45) is 0 Å². The van der Waals surface area contributed by atoms with Gasteiger partial charge in [0.25, 0.3) is 0 Å². The Morgan fingerprint density at radius 3 is 2.91 bits per heavy atom. The number of hydrogen-bond acceptors (Lipinski definition) is 3. The van der Waals surface area contributed by atoms with E-state index in [2.05, 4.69) is 23.5 Å². The van der Waals surface area contributed by atoms with Crippen LogP contribution in [0.4, 0.5) is 4.79 Å². The van der Waals surface area contributed by atoms with E-state index in [-0.39, 0.29) is 12.1 Å². The van der Waals surface area contributed by atoms with Crippen LogP contribution in [0.2, 0.25) is 0 Å². The maximum Gasteiger partial charge on any atom is 0.317 e. The molecule has 0 radical (unpaired) electrons. The van der Waals surface area contributed by atoms with Crippen LogP contribution < -0.4 is 5.32 Å². The first-order valence-electron chi connectivity index (χ1n) is 7.42. The highest BCUT2D eigenvalue weighted by molar-refractivity contribution is 7.09. The zero-order chi connectivity index (χ0) is 15.4. The summed E-state index contributed by atoms with van der Waals surface area (Å²) in [5, 5.41) is 4.95. The van der Waals surface area contributed by atoms with Gasteiger partial charge in [-0.25, -0.2) is 4.79 Å². The van der Waals surface area contributed by atoms with E-state index in [1.807, 2.05) is 30.6 Å². The lowest BCUT2D eigenvalue weighted by Gasteiger charge is -2.29. The molecule has 0 saturated carbocycles. The molecule has 1 atom stereocenters. The summed E-state index contributed by atoms with van der Waals surface area (Å²) in [7, 11) is 1.81. The Balaban J connectivity index is 1.49. The van der Waals surface area contributed by atoms with Crippen LogP contribution in [0, 0.1) is 0 Å². The fourth-order valence-electron chi connectivity index (χ4n) is 2.63. The molecule has 0 bridgehead atoms. The molecule has 5 heteroatoms. The van der Waals surface area contributed by atoms with E-state index in [4.69, 9.17) is 4.74 Å². The van der Waals surface area contributed by atoms with Gasteiger partial charge in [-0.05, 0) is 22.6 Å². The van der Waals surface area contributed by atoms with Gasteiger partial charge in [0.2, 0.25) is 0 Å². The summed E-state index contributed by atoms with van der Waals surface area (Å²) >= 11 is 1.65. The van der Waals surface area contributed by atoms with Crippen LogP contribution in [0.15, 0.2) is 41.8 Å². The average Bonchev–Trinajstić information content (AvgIpc) is 3.06. The number of thiophene rings is 1. The number of hydrogen-bond donors (Lipinski definition) is 1. The van der Waals surface area contributed by atoms with Gasteiger partial charge in [-0.15, -0.1) is 11.3 Å². The molecule has 0 saturated heterocycles. The van der Waals surface area contributed by atoms with Gasteiger partial charge in [0.1, 0.15) is 0 Å². The number of nitrogens with zero attached hydrogens (tertiary/aromatic N) is 1. The van der Waals surface area contributed by atoms with E-state index in [9.17, 15) is 4.79 Å². The van der Waals surface area contributed by atoms with Crippen molar-refractivity contribution in [1.82, 2.24) is 10.2 Å². The van der Waals surface area contributed by atoms with Crippen molar-refractivity contribution in [2.45, 2.75) is 25.7 Å². The molecule has 1 aliphatic heterocycles. The summed E-state index contributed by atoms with van der Waals surface area (Å²) < 4.78 is 5.86. The molecule has 22 heavy (non-hydrogen) atoms. The van der Waals surface area contributed by atoms with Crippen LogP contribution >= 0.6 is 11.3 Å². The Hall–Kier alpha value is -1.85. The molecule has 0 spiro atoms. The van der Waals surface area contributed by atoms with Crippen molar-refractivity contribution >= 4 is 17.4 Å². The maximum atomic E-state index is 12.1. The van der Waals surface area contributed by atoms with Gasteiger partial charge >= 0.3 is 6.03 Å². The zero-order valence-electron chi connectivity index (χ0n) is 12.6. The highest BCUT2D eigenvalue weighted by Crippen LogP contribution is 2.20. The first-order valence-corrected chi connectivity index (χ1v) is 8.30. The third-order valence-electron chi connectivity index (χ3n) is 3.86. The lowest BCUT2D eigenvalue weighted by Crippen LogP contribution is -2.43. The van der Waals surface area contributed by atoms with Gasteiger partial charge in [0, 0.05) is 24.9 Å². The van der Waals surface area contributed by atoms with Crippen LogP contribution in [0.5, 0.6) is 0 Å². The van der Waals surface area contributed by atoms with Gasteiger partial charge in [-0.1, -0.05) is 30.3 Å². The Labute approximate surface area is 134 Å². The minimum Gasteiger partial charge on any atom is -0.371 e. The number of fused-ring (bicyclic) bond motifs is 1. The monoisotopic (exact) mass is 316 g/mol. The quantitative estimate of drug-likeness (QED) is 0.942. The minimum atomic E-state index is -0.0594. The molecule has 0 aliphatic carbocycles. The molecule has 1 aromatic carbocycles. The largest absolute Gasteiger partial charge is 0.371 e. The highest BCUT2D eigenvalue weighted by Gasteiger charge is 2.21. The third kappa shape index (κ3) is 3.67. The van der Waals surface area contributed by atoms with Crippen LogP contribution in [-0.2, 0) is 24.3 Å². The molecule has 2 amide bonds. The molecular weight excluding hydrogens is 296 g/mol. The lowest BCUT2D eigenvalue weighted by atomic mass is 9.99. The van der Waals surface area contributed by atoms with Crippen LogP contribution in [-0.4, -0.2) is 30.6 Å². The summed E-state index contributed by atoms with van der Waals surface area (Å²) in [6.45, 7) is 1.81. The number of carbonyl (C=O) groups is 1. The number of urea groups is 1. The second-order valence-corrected chi connectivity index (χ2v) is 6.56.